The lowest BCUT2D eigenvalue weighted by Crippen LogP contribution is -2.49. The first-order valence-corrected chi connectivity index (χ1v) is 9.68. The molecule has 25 heavy (non-hydrogen) atoms. The van der Waals surface area contributed by atoms with Crippen LogP contribution in [0.1, 0.15) is 21.7 Å². The number of rotatable bonds is 5. The summed E-state index contributed by atoms with van der Waals surface area (Å²) in [4.78, 5) is 14.4. The fraction of sp³-hybridized carbons (Fsp3) is 0.389. The summed E-state index contributed by atoms with van der Waals surface area (Å²) in [5, 5.41) is 0. The first kappa shape index (κ1) is 17.8. The Bertz CT molecular complexity index is 851. The van der Waals surface area contributed by atoms with Crippen molar-refractivity contribution in [2.45, 2.75) is 18.7 Å². The summed E-state index contributed by atoms with van der Waals surface area (Å²) in [5.74, 6) is 0.251. The number of piperazine rings is 1. The molecule has 0 bridgehead atoms. The molecule has 1 saturated heterocycles. The first-order chi connectivity index (χ1) is 11.9. The van der Waals surface area contributed by atoms with Gasteiger partial charge in [0, 0.05) is 26.2 Å². The van der Waals surface area contributed by atoms with Crippen molar-refractivity contribution in [3.63, 3.8) is 0 Å². The largest absolute Gasteiger partial charge is 0.461 e. The third-order valence-electron chi connectivity index (χ3n) is 4.46. The van der Waals surface area contributed by atoms with E-state index in [9.17, 15) is 13.2 Å². The fourth-order valence-electron chi connectivity index (χ4n) is 2.97. The summed E-state index contributed by atoms with van der Waals surface area (Å²) >= 11 is 0. The van der Waals surface area contributed by atoms with Gasteiger partial charge < -0.3 is 4.42 Å². The van der Waals surface area contributed by atoms with E-state index in [1.165, 1.54) is 10.6 Å². The number of furan rings is 1. The number of aryl methyl sites for hydroxylation is 2. The average Bonchev–Trinajstić information content (AvgIpc) is 3.12. The maximum Gasteiger partial charge on any atom is 0.243 e. The lowest BCUT2D eigenvalue weighted by Gasteiger charge is -2.33. The zero-order chi connectivity index (χ0) is 18.0. The maximum atomic E-state index is 12.9. The third-order valence-corrected chi connectivity index (χ3v) is 6.50. The Morgan fingerprint density at radius 2 is 1.84 bits per heavy atom. The molecule has 1 aliphatic rings. The van der Waals surface area contributed by atoms with Gasteiger partial charge in [0.2, 0.25) is 15.8 Å². The second-order valence-corrected chi connectivity index (χ2v) is 8.26. The van der Waals surface area contributed by atoms with Crippen molar-refractivity contribution in [2.75, 3.05) is 32.7 Å². The Hall–Kier alpha value is -1.96. The van der Waals surface area contributed by atoms with Crippen molar-refractivity contribution < 1.29 is 17.6 Å². The van der Waals surface area contributed by atoms with E-state index in [1.54, 1.807) is 18.2 Å². The van der Waals surface area contributed by atoms with E-state index in [2.05, 4.69) is 0 Å². The standard InChI is InChI=1S/C18H22N2O4S/c1-14-5-6-15(2)18(12-14)25(22,23)20-9-7-19(8-10-20)13-16(21)17-4-3-11-24-17/h3-6,11-12H,7-10,13H2,1-2H3. The summed E-state index contributed by atoms with van der Waals surface area (Å²) in [5.41, 5.74) is 1.67. The molecule has 7 heteroatoms. The number of benzene rings is 1. The van der Waals surface area contributed by atoms with Crippen LogP contribution in [-0.4, -0.2) is 56.1 Å². The number of hydrogen-bond acceptors (Lipinski definition) is 5. The van der Waals surface area contributed by atoms with Crippen LogP contribution in [0.5, 0.6) is 0 Å². The Balaban J connectivity index is 1.65. The molecule has 3 rings (SSSR count). The van der Waals surface area contributed by atoms with Gasteiger partial charge in [-0.25, -0.2) is 8.42 Å². The van der Waals surface area contributed by atoms with Gasteiger partial charge in [-0.05, 0) is 43.2 Å². The number of carbonyl (C=O) groups excluding carboxylic acids is 1. The molecule has 6 nitrogen and oxygen atoms in total. The van der Waals surface area contributed by atoms with E-state index < -0.39 is 10.0 Å². The highest BCUT2D eigenvalue weighted by molar-refractivity contribution is 7.89. The van der Waals surface area contributed by atoms with Gasteiger partial charge in [-0.2, -0.15) is 4.31 Å². The quantitative estimate of drug-likeness (QED) is 0.762. The minimum atomic E-state index is -3.51. The van der Waals surface area contributed by atoms with E-state index >= 15 is 0 Å². The second-order valence-electron chi connectivity index (χ2n) is 6.35. The molecular formula is C18H22N2O4S. The van der Waals surface area contributed by atoms with Crippen LogP contribution >= 0.6 is 0 Å². The highest BCUT2D eigenvalue weighted by Crippen LogP contribution is 2.22. The molecule has 0 unspecified atom stereocenters. The lowest BCUT2D eigenvalue weighted by molar-refractivity contribution is 0.0874. The minimum Gasteiger partial charge on any atom is -0.461 e. The number of hydrogen-bond donors (Lipinski definition) is 0. The van der Waals surface area contributed by atoms with Gasteiger partial charge in [-0.15, -0.1) is 0 Å². The third kappa shape index (κ3) is 3.84. The highest BCUT2D eigenvalue weighted by atomic mass is 32.2. The summed E-state index contributed by atoms with van der Waals surface area (Å²) in [6.45, 7) is 5.74. The Morgan fingerprint density at radius 3 is 2.48 bits per heavy atom. The average molecular weight is 362 g/mol. The van der Waals surface area contributed by atoms with Gasteiger partial charge >= 0.3 is 0 Å². The van der Waals surface area contributed by atoms with E-state index in [1.807, 2.05) is 30.9 Å². The first-order valence-electron chi connectivity index (χ1n) is 8.24. The Morgan fingerprint density at radius 1 is 1.12 bits per heavy atom. The molecule has 1 fully saturated rings. The van der Waals surface area contributed by atoms with Crippen LogP contribution in [0.3, 0.4) is 0 Å². The molecule has 0 spiro atoms. The molecule has 0 amide bonds. The van der Waals surface area contributed by atoms with Gasteiger partial charge in [-0.3, -0.25) is 9.69 Å². The predicted octanol–water partition coefficient (Wildman–Crippen LogP) is 2.09. The van der Waals surface area contributed by atoms with Crippen molar-refractivity contribution in [2.24, 2.45) is 0 Å². The van der Waals surface area contributed by atoms with Crippen LogP contribution in [0, 0.1) is 13.8 Å². The van der Waals surface area contributed by atoms with Crippen LogP contribution in [0.2, 0.25) is 0 Å². The number of ketones is 1. The SMILES string of the molecule is Cc1ccc(C)c(S(=O)(=O)N2CCN(CC(=O)c3ccco3)CC2)c1. The van der Waals surface area contributed by atoms with E-state index in [4.69, 9.17) is 4.42 Å². The van der Waals surface area contributed by atoms with Gasteiger partial charge in [0.05, 0.1) is 17.7 Å². The van der Waals surface area contributed by atoms with Crippen molar-refractivity contribution in [3.8, 4) is 0 Å². The van der Waals surface area contributed by atoms with Crippen LogP contribution in [0.4, 0.5) is 0 Å². The molecule has 2 aromatic rings. The van der Waals surface area contributed by atoms with Crippen LogP contribution in [0.25, 0.3) is 0 Å². The zero-order valence-corrected chi connectivity index (χ0v) is 15.3. The molecule has 2 heterocycles. The molecule has 0 saturated carbocycles. The van der Waals surface area contributed by atoms with E-state index in [-0.39, 0.29) is 12.3 Å². The lowest BCUT2D eigenvalue weighted by atomic mass is 10.2. The molecular weight excluding hydrogens is 340 g/mol. The zero-order valence-electron chi connectivity index (χ0n) is 14.4. The molecule has 0 radical (unpaired) electrons. The van der Waals surface area contributed by atoms with Crippen molar-refractivity contribution in [1.82, 2.24) is 9.21 Å². The van der Waals surface area contributed by atoms with Crippen molar-refractivity contribution >= 4 is 15.8 Å². The Labute approximate surface area is 148 Å². The van der Waals surface area contributed by atoms with E-state index in [0.29, 0.717) is 36.8 Å². The van der Waals surface area contributed by atoms with Crippen molar-refractivity contribution in [3.05, 3.63) is 53.5 Å². The topological polar surface area (TPSA) is 70.8 Å². The van der Waals surface area contributed by atoms with Crippen LogP contribution < -0.4 is 0 Å². The van der Waals surface area contributed by atoms with Gasteiger partial charge in [0.25, 0.3) is 0 Å². The number of sulfonamides is 1. The number of Topliss-reactive ketones (excluding diaryl/α,β-unsaturated/α-hetero) is 1. The molecule has 1 aromatic carbocycles. The second kappa shape index (κ2) is 7.11. The van der Waals surface area contributed by atoms with Gasteiger partial charge in [-0.1, -0.05) is 12.1 Å². The normalized spacial score (nSPS) is 16.9. The summed E-state index contributed by atoms with van der Waals surface area (Å²) in [6, 6.07) is 8.79. The molecule has 134 valence electrons. The van der Waals surface area contributed by atoms with Crippen molar-refractivity contribution in [1.29, 1.82) is 0 Å². The Kier molecular flexibility index (Phi) is 5.08. The smallest absolute Gasteiger partial charge is 0.243 e. The fourth-order valence-corrected chi connectivity index (χ4v) is 4.70. The number of carbonyl (C=O) groups is 1. The molecule has 0 atom stereocenters. The maximum absolute atomic E-state index is 12.9. The summed E-state index contributed by atoms with van der Waals surface area (Å²) in [6.07, 6.45) is 1.47. The van der Waals surface area contributed by atoms with Crippen LogP contribution in [0.15, 0.2) is 45.9 Å². The molecule has 1 aromatic heterocycles. The molecule has 0 N–H and O–H groups in total. The van der Waals surface area contributed by atoms with Gasteiger partial charge in [0.15, 0.2) is 5.76 Å². The van der Waals surface area contributed by atoms with Gasteiger partial charge in [0.1, 0.15) is 0 Å². The monoisotopic (exact) mass is 362 g/mol. The minimum absolute atomic E-state index is 0.0872. The van der Waals surface area contributed by atoms with Crippen LogP contribution in [-0.2, 0) is 10.0 Å². The summed E-state index contributed by atoms with van der Waals surface area (Å²) in [7, 11) is -3.51. The van der Waals surface area contributed by atoms with E-state index in [0.717, 1.165) is 11.1 Å². The molecule has 1 aliphatic heterocycles. The number of nitrogens with zero attached hydrogens (tertiary/aromatic N) is 2. The highest BCUT2D eigenvalue weighted by Gasteiger charge is 2.30. The predicted molar refractivity (Wildman–Crippen MR) is 94.2 cm³/mol. The summed E-state index contributed by atoms with van der Waals surface area (Å²) < 4.78 is 32.4. The molecule has 0 aliphatic carbocycles.